The van der Waals surface area contributed by atoms with Gasteiger partial charge >= 0.3 is 0 Å². The van der Waals surface area contributed by atoms with Crippen molar-refractivity contribution in [3.8, 4) is 0 Å². The fourth-order valence-electron chi connectivity index (χ4n) is 2.33. The molecule has 0 saturated carbocycles. The molecule has 1 fully saturated rings. The molecule has 1 saturated heterocycles. The van der Waals surface area contributed by atoms with Crippen molar-refractivity contribution in [3.63, 3.8) is 0 Å². The Morgan fingerprint density at radius 2 is 2.28 bits per heavy atom. The molecule has 0 radical (unpaired) electrons. The Kier molecular flexibility index (Phi) is 4.12. The first-order valence-electron chi connectivity index (χ1n) is 6.39. The Morgan fingerprint density at radius 3 is 2.89 bits per heavy atom. The van der Waals surface area contributed by atoms with Crippen LogP contribution in [0.2, 0.25) is 0 Å². The van der Waals surface area contributed by atoms with Gasteiger partial charge < -0.3 is 14.8 Å². The van der Waals surface area contributed by atoms with Crippen LogP contribution in [-0.2, 0) is 0 Å². The number of nitrogens with zero attached hydrogens (tertiary/aromatic N) is 2. The maximum absolute atomic E-state index is 12.6. The molecule has 2 rings (SSSR count). The number of halogens is 1. The molecule has 18 heavy (non-hydrogen) atoms. The number of hydrogen-bond acceptors (Lipinski definition) is 2. The van der Waals surface area contributed by atoms with Gasteiger partial charge in [0.15, 0.2) is 0 Å². The highest BCUT2D eigenvalue weighted by molar-refractivity contribution is 9.10. The maximum Gasteiger partial charge on any atom is 0.270 e. The van der Waals surface area contributed by atoms with E-state index in [1.54, 1.807) is 0 Å². The molecule has 1 aliphatic rings. The van der Waals surface area contributed by atoms with Crippen LogP contribution in [0.3, 0.4) is 0 Å². The standard InChI is InChI=1S/C13H20BrN3O/c1-9(2)17-8-11(14)6-12(17)13(18)16-5-4-15-7-10(16)3/h6,8-10,15H,4-5,7H2,1-3H3/t10-/m0/s1. The van der Waals surface area contributed by atoms with E-state index in [-0.39, 0.29) is 18.0 Å². The van der Waals surface area contributed by atoms with Gasteiger partial charge in [0.1, 0.15) is 5.69 Å². The predicted octanol–water partition coefficient (Wildman–Crippen LogP) is 2.27. The van der Waals surface area contributed by atoms with E-state index >= 15 is 0 Å². The van der Waals surface area contributed by atoms with Gasteiger partial charge in [-0.2, -0.15) is 0 Å². The van der Waals surface area contributed by atoms with E-state index in [1.807, 2.05) is 21.7 Å². The summed E-state index contributed by atoms with van der Waals surface area (Å²) in [5.74, 6) is 0.128. The normalized spacial score (nSPS) is 20.5. The zero-order valence-corrected chi connectivity index (χ0v) is 12.7. The number of amides is 1. The van der Waals surface area contributed by atoms with Crippen LogP contribution in [0.1, 0.15) is 37.3 Å². The molecule has 2 heterocycles. The average molecular weight is 314 g/mol. The predicted molar refractivity (Wildman–Crippen MR) is 75.9 cm³/mol. The minimum Gasteiger partial charge on any atom is -0.340 e. The molecule has 0 bridgehead atoms. The largest absolute Gasteiger partial charge is 0.340 e. The number of carbonyl (C=O) groups excluding carboxylic acids is 1. The summed E-state index contributed by atoms with van der Waals surface area (Å²) in [5.41, 5.74) is 0.769. The van der Waals surface area contributed by atoms with E-state index in [1.165, 1.54) is 0 Å². The Labute approximate surface area is 116 Å². The van der Waals surface area contributed by atoms with Crippen LogP contribution in [0.15, 0.2) is 16.7 Å². The number of piperazine rings is 1. The van der Waals surface area contributed by atoms with Gasteiger partial charge in [0.2, 0.25) is 0 Å². The molecule has 0 aromatic carbocycles. The highest BCUT2D eigenvalue weighted by Crippen LogP contribution is 2.21. The van der Waals surface area contributed by atoms with Crippen LogP contribution in [0, 0.1) is 0 Å². The van der Waals surface area contributed by atoms with E-state index in [9.17, 15) is 4.79 Å². The lowest BCUT2D eigenvalue weighted by Gasteiger charge is -2.34. The molecule has 1 N–H and O–H groups in total. The Hall–Kier alpha value is -0.810. The van der Waals surface area contributed by atoms with Crippen molar-refractivity contribution < 1.29 is 4.79 Å². The van der Waals surface area contributed by atoms with Crippen molar-refractivity contribution in [2.45, 2.75) is 32.9 Å². The van der Waals surface area contributed by atoms with Crippen LogP contribution < -0.4 is 5.32 Å². The number of carbonyl (C=O) groups is 1. The molecule has 1 aromatic rings. The minimum atomic E-state index is 0.128. The second-order valence-electron chi connectivity index (χ2n) is 5.10. The summed E-state index contributed by atoms with van der Waals surface area (Å²) in [4.78, 5) is 14.6. The average Bonchev–Trinajstić information content (AvgIpc) is 2.71. The third-order valence-electron chi connectivity index (χ3n) is 3.35. The first kappa shape index (κ1) is 13.6. The van der Waals surface area contributed by atoms with Crippen LogP contribution in [0.25, 0.3) is 0 Å². The molecule has 0 unspecified atom stereocenters. The fourth-order valence-corrected chi connectivity index (χ4v) is 2.77. The van der Waals surface area contributed by atoms with E-state index in [2.05, 4.69) is 42.0 Å². The van der Waals surface area contributed by atoms with Crippen LogP contribution in [0.5, 0.6) is 0 Å². The number of nitrogens with one attached hydrogen (secondary N) is 1. The van der Waals surface area contributed by atoms with Crippen molar-refractivity contribution in [2.75, 3.05) is 19.6 Å². The van der Waals surface area contributed by atoms with E-state index in [0.717, 1.165) is 29.8 Å². The smallest absolute Gasteiger partial charge is 0.270 e. The zero-order chi connectivity index (χ0) is 13.3. The van der Waals surface area contributed by atoms with Gasteiger partial charge in [-0.3, -0.25) is 4.79 Å². The molecule has 1 atom stereocenters. The maximum atomic E-state index is 12.6. The molecule has 0 spiro atoms. The van der Waals surface area contributed by atoms with Gasteiger partial charge in [0.05, 0.1) is 0 Å². The Balaban J connectivity index is 2.27. The van der Waals surface area contributed by atoms with Gasteiger partial charge in [-0.1, -0.05) is 0 Å². The molecular weight excluding hydrogens is 294 g/mol. The first-order valence-corrected chi connectivity index (χ1v) is 7.19. The van der Waals surface area contributed by atoms with Crippen LogP contribution in [0.4, 0.5) is 0 Å². The summed E-state index contributed by atoms with van der Waals surface area (Å²) in [5, 5.41) is 3.30. The van der Waals surface area contributed by atoms with Gasteiger partial charge in [-0.05, 0) is 42.8 Å². The second kappa shape index (κ2) is 5.45. The Morgan fingerprint density at radius 1 is 1.56 bits per heavy atom. The van der Waals surface area contributed by atoms with Crippen molar-refractivity contribution in [3.05, 3.63) is 22.4 Å². The summed E-state index contributed by atoms with van der Waals surface area (Å²) in [6.45, 7) is 8.78. The zero-order valence-electron chi connectivity index (χ0n) is 11.1. The third-order valence-corrected chi connectivity index (χ3v) is 3.79. The molecule has 1 aromatic heterocycles. The van der Waals surface area contributed by atoms with E-state index < -0.39 is 0 Å². The van der Waals surface area contributed by atoms with Crippen molar-refractivity contribution >= 4 is 21.8 Å². The summed E-state index contributed by atoms with van der Waals surface area (Å²) >= 11 is 3.45. The topological polar surface area (TPSA) is 37.3 Å². The van der Waals surface area contributed by atoms with Gasteiger partial charge in [-0.25, -0.2) is 0 Å². The molecular formula is C13H20BrN3O. The molecule has 1 aliphatic heterocycles. The summed E-state index contributed by atoms with van der Waals surface area (Å²) < 4.78 is 2.99. The van der Waals surface area contributed by atoms with Gasteiger partial charge in [0, 0.05) is 42.4 Å². The molecule has 100 valence electrons. The van der Waals surface area contributed by atoms with Crippen molar-refractivity contribution in [1.82, 2.24) is 14.8 Å². The van der Waals surface area contributed by atoms with Gasteiger partial charge in [-0.15, -0.1) is 0 Å². The summed E-state index contributed by atoms with van der Waals surface area (Å²) in [6, 6.07) is 2.45. The minimum absolute atomic E-state index is 0.128. The van der Waals surface area contributed by atoms with Crippen molar-refractivity contribution in [1.29, 1.82) is 0 Å². The van der Waals surface area contributed by atoms with E-state index in [0.29, 0.717) is 0 Å². The van der Waals surface area contributed by atoms with E-state index in [4.69, 9.17) is 0 Å². The SMILES string of the molecule is CC(C)n1cc(Br)cc1C(=O)N1CCNC[C@@H]1C. The van der Waals surface area contributed by atoms with Gasteiger partial charge in [0.25, 0.3) is 5.91 Å². The third kappa shape index (κ3) is 2.62. The highest BCUT2D eigenvalue weighted by atomic mass is 79.9. The number of hydrogen-bond donors (Lipinski definition) is 1. The number of aromatic nitrogens is 1. The lowest BCUT2D eigenvalue weighted by Crippen LogP contribution is -2.52. The molecule has 5 heteroatoms. The number of rotatable bonds is 2. The monoisotopic (exact) mass is 313 g/mol. The lowest BCUT2D eigenvalue weighted by atomic mass is 10.2. The van der Waals surface area contributed by atoms with Crippen molar-refractivity contribution in [2.24, 2.45) is 0 Å². The second-order valence-corrected chi connectivity index (χ2v) is 6.01. The molecule has 4 nitrogen and oxygen atoms in total. The van der Waals surface area contributed by atoms with Crippen LogP contribution >= 0.6 is 15.9 Å². The fraction of sp³-hybridized carbons (Fsp3) is 0.615. The Bertz CT molecular complexity index is 441. The highest BCUT2D eigenvalue weighted by Gasteiger charge is 2.26. The summed E-state index contributed by atoms with van der Waals surface area (Å²) in [6.07, 6.45) is 1.98. The summed E-state index contributed by atoms with van der Waals surface area (Å²) in [7, 11) is 0. The quantitative estimate of drug-likeness (QED) is 0.909. The molecule has 1 amide bonds. The molecule has 0 aliphatic carbocycles. The first-order chi connectivity index (χ1) is 8.50. The lowest BCUT2D eigenvalue weighted by molar-refractivity contribution is 0.0643. The van der Waals surface area contributed by atoms with Crippen LogP contribution in [-0.4, -0.2) is 41.1 Å².